The average molecular weight is 497 g/mol. The van der Waals surface area contributed by atoms with Crippen molar-refractivity contribution < 1.29 is 4.42 Å². The van der Waals surface area contributed by atoms with E-state index in [4.69, 9.17) is 4.42 Å². The van der Waals surface area contributed by atoms with E-state index in [1.165, 1.54) is 43.4 Å². The highest BCUT2D eigenvalue weighted by Crippen LogP contribution is 2.45. The molecule has 7 aromatic carbocycles. The number of hydrogen-bond acceptors (Lipinski definition) is 1. The number of rotatable bonds is 3. The van der Waals surface area contributed by atoms with Crippen molar-refractivity contribution in [3.8, 4) is 33.8 Å². The second-order valence-electron chi connectivity index (χ2n) is 10.1. The molecule has 1 heterocycles. The van der Waals surface area contributed by atoms with Crippen LogP contribution in [0.25, 0.3) is 76.9 Å². The Morgan fingerprint density at radius 2 is 0.846 bits per heavy atom. The molecule has 0 fully saturated rings. The van der Waals surface area contributed by atoms with Gasteiger partial charge in [0.2, 0.25) is 0 Å². The summed E-state index contributed by atoms with van der Waals surface area (Å²) >= 11 is 0. The monoisotopic (exact) mass is 496 g/mol. The first-order valence-corrected chi connectivity index (χ1v) is 13.4. The highest BCUT2D eigenvalue weighted by Gasteiger charge is 2.21. The minimum Gasteiger partial charge on any atom is -0.455 e. The molecule has 0 bridgehead atoms. The van der Waals surface area contributed by atoms with Crippen molar-refractivity contribution in [3.63, 3.8) is 0 Å². The van der Waals surface area contributed by atoms with Gasteiger partial charge in [0.1, 0.15) is 11.5 Å². The van der Waals surface area contributed by atoms with Gasteiger partial charge in [0, 0.05) is 21.9 Å². The van der Waals surface area contributed by atoms with E-state index in [9.17, 15) is 0 Å². The topological polar surface area (TPSA) is 13.1 Å². The normalized spacial score (nSPS) is 11.6. The Morgan fingerprint density at radius 1 is 0.308 bits per heavy atom. The third-order valence-corrected chi connectivity index (χ3v) is 7.89. The maximum Gasteiger partial charge on any atom is 0.143 e. The van der Waals surface area contributed by atoms with E-state index >= 15 is 0 Å². The SMILES string of the molecule is c1ccc(-c2ccccc2-c2oc(-c3cc4c5ccccc5ccc4c4ccccc34)c3ccccc23)cc1. The summed E-state index contributed by atoms with van der Waals surface area (Å²) in [4.78, 5) is 0. The predicted molar refractivity (Wildman–Crippen MR) is 165 cm³/mol. The van der Waals surface area contributed by atoms with Crippen LogP contribution in [0.4, 0.5) is 0 Å². The van der Waals surface area contributed by atoms with E-state index in [0.29, 0.717) is 0 Å². The summed E-state index contributed by atoms with van der Waals surface area (Å²) in [7, 11) is 0. The molecule has 0 atom stereocenters. The molecular weight excluding hydrogens is 472 g/mol. The largest absolute Gasteiger partial charge is 0.455 e. The van der Waals surface area contributed by atoms with Gasteiger partial charge in [0.25, 0.3) is 0 Å². The third kappa shape index (κ3) is 3.41. The van der Waals surface area contributed by atoms with Crippen LogP contribution in [-0.4, -0.2) is 0 Å². The lowest BCUT2D eigenvalue weighted by atomic mass is 9.92. The molecular formula is C38H24O. The lowest BCUT2D eigenvalue weighted by Crippen LogP contribution is -1.85. The summed E-state index contributed by atoms with van der Waals surface area (Å²) in [6, 6.07) is 51.8. The zero-order chi connectivity index (χ0) is 25.8. The van der Waals surface area contributed by atoms with Crippen molar-refractivity contribution in [1.29, 1.82) is 0 Å². The van der Waals surface area contributed by atoms with Crippen LogP contribution in [0.15, 0.2) is 150 Å². The molecule has 0 N–H and O–H groups in total. The van der Waals surface area contributed by atoms with E-state index in [0.717, 1.165) is 33.4 Å². The first-order valence-electron chi connectivity index (χ1n) is 13.4. The first kappa shape index (κ1) is 21.9. The molecule has 0 saturated heterocycles. The van der Waals surface area contributed by atoms with Gasteiger partial charge in [-0.2, -0.15) is 0 Å². The molecule has 8 rings (SSSR count). The molecule has 0 radical (unpaired) electrons. The van der Waals surface area contributed by atoms with E-state index in [2.05, 4.69) is 146 Å². The molecule has 39 heavy (non-hydrogen) atoms. The number of furan rings is 1. The highest BCUT2D eigenvalue weighted by molar-refractivity contribution is 6.22. The average Bonchev–Trinajstić information content (AvgIpc) is 3.40. The van der Waals surface area contributed by atoms with Crippen LogP contribution in [0.5, 0.6) is 0 Å². The quantitative estimate of drug-likeness (QED) is 0.222. The number of benzene rings is 7. The van der Waals surface area contributed by atoms with Crippen LogP contribution in [0.1, 0.15) is 0 Å². The summed E-state index contributed by atoms with van der Waals surface area (Å²) in [5.41, 5.74) is 4.56. The van der Waals surface area contributed by atoms with Gasteiger partial charge in [-0.05, 0) is 49.5 Å². The summed E-state index contributed by atoms with van der Waals surface area (Å²) < 4.78 is 6.97. The van der Waals surface area contributed by atoms with Crippen molar-refractivity contribution >= 4 is 43.1 Å². The molecule has 0 saturated carbocycles. The Bertz CT molecular complexity index is 2170. The van der Waals surface area contributed by atoms with Crippen LogP contribution >= 0.6 is 0 Å². The Balaban J connectivity index is 1.47. The lowest BCUT2D eigenvalue weighted by molar-refractivity contribution is 0.603. The number of fused-ring (bicyclic) bond motifs is 6. The molecule has 182 valence electrons. The van der Waals surface area contributed by atoms with Crippen LogP contribution in [0.2, 0.25) is 0 Å². The van der Waals surface area contributed by atoms with Gasteiger partial charge in [0.05, 0.1) is 0 Å². The van der Waals surface area contributed by atoms with Crippen molar-refractivity contribution in [3.05, 3.63) is 146 Å². The number of hydrogen-bond donors (Lipinski definition) is 0. The summed E-state index contributed by atoms with van der Waals surface area (Å²) in [5.74, 6) is 1.82. The van der Waals surface area contributed by atoms with Crippen LogP contribution in [-0.2, 0) is 0 Å². The maximum atomic E-state index is 6.97. The molecule has 0 spiro atoms. The van der Waals surface area contributed by atoms with E-state index in [1.54, 1.807) is 0 Å². The Kier molecular flexibility index (Phi) is 4.89. The standard InChI is InChI=1S/C38H24O/c1-2-12-25(13-3-1)27-15-6-9-19-32(27)37-33-20-10-11-21-34(33)38(39-37)36-24-35-28-16-5-4-14-26(28)22-23-31(35)29-17-7-8-18-30(29)36/h1-24H. The highest BCUT2D eigenvalue weighted by atomic mass is 16.3. The molecule has 0 aliphatic heterocycles. The van der Waals surface area contributed by atoms with Crippen LogP contribution < -0.4 is 0 Å². The fourth-order valence-electron chi connectivity index (χ4n) is 6.09. The molecule has 0 aliphatic rings. The van der Waals surface area contributed by atoms with Crippen LogP contribution in [0, 0.1) is 0 Å². The maximum absolute atomic E-state index is 6.97. The minimum atomic E-state index is 0.905. The van der Waals surface area contributed by atoms with Crippen LogP contribution in [0.3, 0.4) is 0 Å². The zero-order valence-electron chi connectivity index (χ0n) is 21.3. The fourth-order valence-corrected chi connectivity index (χ4v) is 6.09. The summed E-state index contributed by atoms with van der Waals surface area (Å²) in [6.07, 6.45) is 0. The third-order valence-electron chi connectivity index (χ3n) is 7.89. The van der Waals surface area contributed by atoms with E-state index < -0.39 is 0 Å². The molecule has 0 unspecified atom stereocenters. The lowest BCUT2D eigenvalue weighted by Gasteiger charge is -2.12. The van der Waals surface area contributed by atoms with Gasteiger partial charge < -0.3 is 4.42 Å². The summed E-state index contributed by atoms with van der Waals surface area (Å²) in [6.45, 7) is 0. The Hall–Kier alpha value is -5.14. The van der Waals surface area contributed by atoms with E-state index in [1.807, 2.05) is 0 Å². The Labute approximate surface area is 226 Å². The molecule has 0 aliphatic carbocycles. The second kappa shape index (κ2) is 8.72. The van der Waals surface area contributed by atoms with Gasteiger partial charge in [-0.25, -0.2) is 0 Å². The Morgan fingerprint density at radius 3 is 1.62 bits per heavy atom. The van der Waals surface area contributed by atoms with Gasteiger partial charge in [-0.3, -0.25) is 0 Å². The smallest absolute Gasteiger partial charge is 0.143 e. The molecule has 1 nitrogen and oxygen atoms in total. The minimum absolute atomic E-state index is 0.905. The molecule has 1 heteroatoms. The second-order valence-corrected chi connectivity index (χ2v) is 10.1. The predicted octanol–water partition coefficient (Wildman–Crippen LogP) is 10.9. The molecule has 8 aromatic rings. The first-order chi connectivity index (χ1) is 19.4. The summed E-state index contributed by atoms with van der Waals surface area (Å²) in [5, 5.41) is 9.69. The van der Waals surface area contributed by atoms with Crippen molar-refractivity contribution in [2.24, 2.45) is 0 Å². The fraction of sp³-hybridized carbons (Fsp3) is 0. The molecule has 0 amide bonds. The molecule has 1 aromatic heterocycles. The van der Waals surface area contributed by atoms with E-state index in [-0.39, 0.29) is 0 Å². The van der Waals surface area contributed by atoms with Crippen molar-refractivity contribution in [2.45, 2.75) is 0 Å². The van der Waals surface area contributed by atoms with Gasteiger partial charge in [-0.1, -0.05) is 140 Å². The zero-order valence-corrected chi connectivity index (χ0v) is 21.3. The van der Waals surface area contributed by atoms with Crippen molar-refractivity contribution in [1.82, 2.24) is 0 Å². The van der Waals surface area contributed by atoms with Gasteiger partial charge in [-0.15, -0.1) is 0 Å². The van der Waals surface area contributed by atoms with Crippen molar-refractivity contribution in [2.75, 3.05) is 0 Å². The van der Waals surface area contributed by atoms with Gasteiger partial charge >= 0.3 is 0 Å². The van der Waals surface area contributed by atoms with Gasteiger partial charge in [0.15, 0.2) is 0 Å².